The summed E-state index contributed by atoms with van der Waals surface area (Å²) in [5.74, 6) is 0.485. The predicted octanol–water partition coefficient (Wildman–Crippen LogP) is 3.91. The van der Waals surface area contributed by atoms with E-state index >= 15 is 0 Å². The molecule has 3 heterocycles. The van der Waals surface area contributed by atoms with Crippen molar-refractivity contribution >= 4 is 29.0 Å². The second kappa shape index (κ2) is 8.87. The topological polar surface area (TPSA) is 79.4 Å². The number of pyridine rings is 2. The van der Waals surface area contributed by atoms with Crippen molar-refractivity contribution in [3.05, 3.63) is 53.6 Å². The van der Waals surface area contributed by atoms with Crippen molar-refractivity contribution in [2.75, 3.05) is 44.4 Å². The zero-order valence-corrected chi connectivity index (χ0v) is 17.8. The van der Waals surface area contributed by atoms with Gasteiger partial charge in [0.1, 0.15) is 12.4 Å². The van der Waals surface area contributed by atoms with Crippen molar-refractivity contribution in [2.45, 2.75) is 0 Å². The van der Waals surface area contributed by atoms with Gasteiger partial charge in [0.25, 0.3) is 0 Å². The summed E-state index contributed by atoms with van der Waals surface area (Å²) in [6, 6.07) is 7.88. The minimum Gasteiger partial charge on any atom is -0.487 e. The molecular weight excluding hydrogens is 421 g/mol. The Morgan fingerprint density at radius 1 is 1.26 bits per heavy atom. The summed E-state index contributed by atoms with van der Waals surface area (Å²) in [5, 5.41) is 6.44. The number of likely N-dealkylation sites (N-methyl/N-ethyl adjacent to an activating group) is 1. The Hall–Kier alpha value is -3.23. The minimum atomic E-state index is -0.428. The van der Waals surface area contributed by atoms with E-state index in [1.165, 1.54) is 18.2 Å². The van der Waals surface area contributed by atoms with Crippen LogP contribution in [0.1, 0.15) is 0 Å². The number of nitrogens with one attached hydrogen (secondary N) is 2. The number of hydrogen-bond donors (Lipinski definition) is 2. The van der Waals surface area contributed by atoms with Gasteiger partial charge >= 0.3 is 0 Å². The molecule has 160 valence electrons. The average Bonchev–Trinajstić information content (AvgIpc) is 2.74. The van der Waals surface area contributed by atoms with Crippen LogP contribution in [0, 0.1) is 5.82 Å². The number of halogens is 2. The van der Waals surface area contributed by atoms with Crippen molar-refractivity contribution in [3.8, 4) is 28.1 Å². The molecule has 2 N–H and O–H groups in total. The standard InChI is InChI=1S/C22H21ClFN5O2/c1-29(2)12-20(30)27-15-7-13(10-25-11-15)16-9-19(17-8-14(23)3-4-18(17)24)28-22-21(16)31-6-5-26-22/h3-4,7-11H,5-6,12H2,1-2H3,(H,26,28)(H,27,30). The largest absolute Gasteiger partial charge is 0.487 e. The highest BCUT2D eigenvalue weighted by Crippen LogP contribution is 2.40. The van der Waals surface area contributed by atoms with Gasteiger partial charge in [0.15, 0.2) is 11.6 Å². The molecule has 0 aliphatic carbocycles. The molecule has 0 bridgehead atoms. The van der Waals surface area contributed by atoms with Gasteiger partial charge in [0.2, 0.25) is 5.91 Å². The van der Waals surface area contributed by atoms with Gasteiger partial charge in [-0.05, 0) is 44.4 Å². The molecule has 1 aromatic carbocycles. The fourth-order valence-electron chi connectivity index (χ4n) is 3.31. The van der Waals surface area contributed by atoms with Gasteiger partial charge in [-0.1, -0.05) is 11.6 Å². The van der Waals surface area contributed by atoms with Crippen LogP contribution in [0.25, 0.3) is 22.4 Å². The maximum atomic E-state index is 14.5. The summed E-state index contributed by atoms with van der Waals surface area (Å²) in [5.41, 5.74) is 2.63. The van der Waals surface area contributed by atoms with E-state index in [4.69, 9.17) is 16.3 Å². The van der Waals surface area contributed by atoms with Crippen molar-refractivity contribution in [1.29, 1.82) is 0 Å². The number of amides is 1. The zero-order chi connectivity index (χ0) is 22.0. The van der Waals surface area contributed by atoms with Gasteiger partial charge in [0.05, 0.1) is 30.7 Å². The van der Waals surface area contributed by atoms with E-state index in [1.54, 1.807) is 29.4 Å². The molecule has 1 aliphatic heterocycles. The van der Waals surface area contributed by atoms with Crippen LogP contribution in [0.2, 0.25) is 5.02 Å². The van der Waals surface area contributed by atoms with Crippen LogP contribution in [0.4, 0.5) is 15.9 Å². The van der Waals surface area contributed by atoms with Gasteiger partial charge in [-0.25, -0.2) is 9.37 Å². The number of hydrogen-bond acceptors (Lipinski definition) is 6. The first kappa shape index (κ1) is 21.0. The zero-order valence-electron chi connectivity index (χ0n) is 17.1. The fourth-order valence-corrected chi connectivity index (χ4v) is 3.48. The van der Waals surface area contributed by atoms with E-state index in [2.05, 4.69) is 20.6 Å². The molecule has 31 heavy (non-hydrogen) atoms. The molecule has 4 rings (SSSR count). The van der Waals surface area contributed by atoms with Crippen LogP contribution >= 0.6 is 11.6 Å². The van der Waals surface area contributed by atoms with Crippen molar-refractivity contribution in [2.24, 2.45) is 0 Å². The Bertz CT molecular complexity index is 1140. The first-order chi connectivity index (χ1) is 14.9. The first-order valence-corrected chi connectivity index (χ1v) is 10.1. The highest BCUT2D eigenvalue weighted by molar-refractivity contribution is 6.30. The Morgan fingerprint density at radius 3 is 2.90 bits per heavy atom. The monoisotopic (exact) mass is 441 g/mol. The van der Waals surface area contributed by atoms with Crippen LogP contribution < -0.4 is 15.4 Å². The molecule has 2 aromatic heterocycles. The molecule has 9 heteroatoms. The Labute approximate surface area is 184 Å². The molecule has 0 radical (unpaired) electrons. The van der Waals surface area contributed by atoms with Crippen molar-refractivity contribution in [3.63, 3.8) is 0 Å². The highest BCUT2D eigenvalue weighted by atomic mass is 35.5. The molecular formula is C22H21ClFN5O2. The third-order valence-corrected chi connectivity index (χ3v) is 4.85. The van der Waals surface area contributed by atoms with Gasteiger partial charge in [-0.2, -0.15) is 0 Å². The quantitative estimate of drug-likeness (QED) is 0.625. The molecule has 0 spiro atoms. The second-order valence-corrected chi connectivity index (χ2v) is 7.82. The van der Waals surface area contributed by atoms with E-state index in [-0.39, 0.29) is 18.0 Å². The second-order valence-electron chi connectivity index (χ2n) is 7.38. The summed E-state index contributed by atoms with van der Waals surface area (Å²) in [4.78, 5) is 22.7. The van der Waals surface area contributed by atoms with E-state index in [0.717, 1.165) is 0 Å². The van der Waals surface area contributed by atoms with Crippen LogP contribution in [-0.2, 0) is 4.79 Å². The SMILES string of the molecule is CN(C)CC(=O)Nc1cncc(-c2cc(-c3cc(Cl)ccc3F)nc3c2OCCN3)c1. The summed E-state index contributed by atoms with van der Waals surface area (Å²) in [7, 11) is 3.64. The van der Waals surface area contributed by atoms with Crippen LogP contribution in [0.3, 0.4) is 0 Å². The molecule has 0 unspecified atom stereocenters. The number of anilines is 2. The molecule has 0 atom stereocenters. The van der Waals surface area contributed by atoms with Crippen LogP contribution in [0.15, 0.2) is 42.7 Å². The maximum Gasteiger partial charge on any atom is 0.238 e. The first-order valence-electron chi connectivity index (χ1n) is 9.68. The number of rotatable bonds is 5. The van der Waals surface area contributed by atoms with E-state index < -0.39 is 5.82 Å². The number of benzene rings is 1. The molecule has 0 saturated heterocycles. The third-order valence-electron chi connectivity index (χ3n) is 4.61. The molecule has 1 amide bonds. The molecule has 7 nitrogen and oxygen atoms in total. The molecule has 1 aliphatic rings. The lowest BCUT2D eigenvalue weighted by Crippen LogP contribution is -2.27. The fraction of sp³-hybridized carbons (Fsp3) is 0.227. The van der Waals surface area contributed by atoms with Gasteiger partial charge in [-0.3, -0.25) is 9.78 Å². The highest BCUT2D eigenvalue weighted by Gasteiger charge is 2.21. The third kappa shape index (κ3) is 4.76. The normalized spacial score (nSPS) is 12.7. The minimum absolute atomic E-state index is 0.152. The van der Waals surface area contributed by atoms with Gasteiger partial charge < -0.3 is 20.3 Å². The van der Waals surface area contributed by atoms with Crippen molar-refractivity contribution < 1.29 is 13.9 Å². The Kier molecular flexibility index (Phi) is 6.01. The molecule has 0 saturated carbocycles. The van der Waals surface area contributed by atoms with E-state index in [9.17, 15) is 9.18 Å². The summed E-state index contributed by atoms with van der Waals surface area (Å²) < 4.78 is 20.4. The van der Waals surface area contributed by atoms with Crippen LogP contribution in [-0.4, -0.2) is 54.6 Å². The van der Waals surface area contributed by atoms with Gasteiger partial charge in [-0.15, -0.1) is 0 Å². The summed E-state index contributed by atoms with van der Waals surface area (Å²) in [6.07, 6.45) is 3.23. The van der Waals surface area contributed by atoms with E-state index in [1.807, 2.05) is 14.1 Å². The molecule has 3 aromatic rings. The lowest BCUT2D eigenvalue weighted by atomic mass is 10.0. The number of aromatic nitrogens is 2. The smallest absolute Gasteiger partial charge is 0.238 e. The predicted molar refractivity (Wildman–Crippen MR) is 119 cm³/mol. The number of carbonyl (C=O) groups excluding carboxylic acids is 1. The number of fused-ring (bicyclic) bond motifs is 1. The van der Waals surface area contributed by atoms with Crippen LogP contribution in [0.5, 0.6) is 5.75 Å². The van der Waals surface area contributed by atoms with E-state index in [0.29, 0.717) is 52.2 Å². The van der Waals surface area contributed by atoms with Gasteiger partial charge in [0, 0.05) is 27.9 Å². The number of nitrogens with zero attached hydrogens (tertiary/aromatic N) is 3. The lowest BCUT2D eigenvalue weighted by Gasteiger charge is -2.22. The average molecular weight is 442 g/mol. The molecule has 0 fully saturated rings. The summed E-state index contributed by atoms with van der Waals surface area (Å²) in [6.45, 7) is 1.30. The Balaban J connectivity index is 1.78. The lowest BCUT2D eigenvalue weighted by molar-refractivity contribution is -0.116. The Morgan fingerprint density at radius 2 is 2.10 bits per heavy atom. The summed E-state index contributed by atoms with van der Waals surface area (Å²) >= 11 is 6.08. The number of carbonyl (C=O) groups is 1. The number of ether oxygens (including phenoxy) is 1. The maximum absolute atomic E-state index is 14.5. The van der Waals surface area contributed by atoms with Crippen molar-refractivity contribution in [1.82, 2.24) is 14.9 Å².